The second-order valence-electron chi connectivity index (χ2n) is 2.59. The highest BCUT2D eigenvalue weighted by Gasteiger charge is 2.12. The van der Waals surface area contributed by atoms with Crippen LogP contribution < -0.4 is 0 Å². The van der Waals surface area contributed by atoms with Gasteiger partial charge in [0.05, 0.1) is 0 Å². The van der Waals surface area contributed by atoms with E-state index in [2.05, 4.69) is 15.0 Å². The first-order valence-corrected chi connectivity index (χ1v) is 3.82. The minimum absolute atomic E-state index is 0.480. The van der Waals surface area contributed by atoms with Crippen LogP contribution >= 0.6 is 0 Å². The molecule has 13 heavy (non-hydrogen) atoms. The van der Waals surface area contributed by atoms with Crippen LogP contribution in [0.4, 0.5) is 0 Å². The van der Waals surface area contributed by atoms with Crippen molar-refractivity contribution in [3.8, 4) is 0 Å². The maximum absolute atomic E-state index is 9.42. The molecule has 2 rings (SSSR count). The van der Waals surface area contributed by atoms with Gasteiger partial charge in [0, 0.05) is 18.7 Å². The van der Waals surface area contributed by atoms with Crippen LogP contribution in [0, 0.1) is 0 Å². The Labute approximate surface area is 74.4 Å². The van der Waals surface area contributed by atoms with Gasteiger partial charge in [0.25, 0.3) is 0 Å². The van der Waals surface area contributed by atoms with Crippen LogP contribution in [0.25, 0.3) is 11.0 Å². The number of hydrogen-bond acceptors (Lipinski definition) is 4. The van der Waals surface area contributed by atoms with Gasteiger partial charge in [-0.15, -0.1) is 0 Å². The minimum Gasteiger partial charge on any atom is -0.363 e. The van der Waals surface area contributed by atoms with E-state index in [1.165, 1.54) is 13.4 Å². The molecule has 5 nitrogen and oxygen atoms in total. The summed E-state index contributed by atoms with van der Waals surface area (Å²) in [6.07, 6.45) is 2.13. The summed E-state index contributed by atoms with van der Waals surface area (Å²) in [5, 5.41) is 10.2. The molecule has 1 atom stereocenters. The van der Waals surface area contributed by atoms with Crippen LogP contribution in [0.15, 0.2) is 18.6 Å². The van der Waals surface area contributed by atoms with E-state index in [4.69, 9.17) is 4.74 Å². The number of aliphatic hydroxyl groups excluding tert-OH is 1. The minimum atomic E-state index is -0.999. The van der Waals surface area contributed by atoms with Crippen molar-refractivity contribution in [3.63, 3.8) is 0 Å². The number of methoxy groups -OCH3 is 1. The van der Waals surface area contributed by atoms with E-state index in [1.54, 1.807) is 12.3 Å². The smallest absolute Gasteiger partial charge is 0.199 e. The Hall–Kier alpha value is -1.46. The molecule has 0 saturated heterocycles. The molecule has 0 spiro atoms. The molecule has 0 saturated carbocycles. The number of aromatic nitrogens is 3. The first-order valence-electron chi connectivity index (χ1n) is 3.82. The number of nitrogens with one attached hydrogen (secondary N) is 1. The van der Waals surface area contributed by atoms with Crippen molar-refractivity contribution < 1.29 is 9.84 Å². The van der Waals surface area contributed by atoms with Gasteiger partial charge < -0.3 is 14.8 Å². The third-order valence-corrected chi connectivity index (χ3v) is 1.84. The largest absolute Gasteiger partial charge is 0.363 e. The Morgan fingerprint density at radius 3 is 3.15 bits per heavy atom. The Morgan fingerprint density at radius 2 is 2.38 bits per heavy atom. The fourth-order valence-corrected chi connectivity index (χ4v) is 1.20. The van der Waals surface area contributed by atoms with Crippen molar-refractivity contribution in [2.45, 2.75) is 6.29 Å². The monoisotopic (exact) mass is 179 g/mol. The van der Waals surface area contributed by atoms with Crippen LogP contribution in [-0.2, 0) is 4.74 Å². The van der Waals surface area contributed by atoms with Crippen molar-refractivity contribution >= 4 is 11.0 Å². The molecular weight excluding hydrogens is 170 g/mol. The summed E-state index contributed by atoms with van der Waals surface area (Å²) in [5.74, 6) is 0. The number of ether oxygens (including phenoxy) is 1. The predicted molar refractivity (Wildman–Crippen MR) is 45.9 cm³/mol. The van der Waals surface area contributed by atoms with Gasteiger partial charge in [-0.2, -0.15) is 0 Å². The number of nitrogens with zero attached hydrogens (tertiary/aromatic N) is 2. The lowest BCUT2D eigenvalue weighted by Crippen LogP contribution is -2.03. The third kappa shape index (κ3) is 1.28. The standard InChI is InChI=1S/C8H9N3O2/c1-13-8(12)6-5-2-3-9-7(5)11-4-10-6/h2-4,8,12H,1H3,(H,9,10,11). The Bertz CT molecular complexity index is 412. The summed E-state index contributed by atoms with van der Waals surface area (Å²) in [4.78, 5) is 10.9. The molecule has 0 aliphatic heterocycles. The normalized spacial score (nSPS) is 13.4. The lowest BCUT2D eigenvalue weighted by molar-refractivity contribution is -0.0788. The molecule has 68 valence electrons. The van der Waals surface area contributed by atoms with Crippen molar-refractivity contribution in [2.24, 2.45) is 0 Å². The Kier molecular flexibility index (Phi) is 1.96. The van der Waals surface area contributed by atoms with Gasteiger partial charge in [-0.3, -0.25) is 0 Å². The quantitative estimate of drug-likeness (QED) is 0.662. The van der Waals surface area contributed by atoms with Crippen LogP contribution in [0.1, 0.15) is 12.0 Å². The average molecular weight is 179 g/mol. The number of aliphatic hydroxyl groups is 1. The van der Waals surface area contributed by atoms with E-state index < -0.39 is 6.29 Å². The lowest BCUT2D eigenvalue weighted by Gasteiger charge is -2.07. The lowest BCUT2D eigenvalue weighted by atomic mass is 10.3. The molecule has 0 aliphatic carbocycles. The highest BCUT2D eigenvalue weighted by atomic mass is 16.6. The number of rotatable bonds is 2. The van der Waals surface area contributed by atoms with Gasteiger partial charge >= 0.3 is 0 Å². The zero-order valence-corrected chi connectivity index (χ0v) is 7.06. The average Bonchev–Trinajstić information content (AvgIpc) is 2.63. The number of hydrogen-bond donors (Lipinski definition) is 2. The summed E-state index contributed by atoms with van der Waals surface area (Å²) in [6.45, 7) is 0. The van der Waals surface area contributed by atoms with E-state index in [0.29, 0.717) is 11.3 Å². The van der Waals surface area contributed by atoms with Gasteiger partial charge in [-0.1, -0.05) is 0 Å². The van der Waals surface area contributed by atoms with Crippen molar-refractivity contribution in [1.82, 2.24) is 15.0 Å². The van der Waals surface area contributed by atoms with Gasteiger partial charge in [-0.25, -0.2) is 9.97 Å². The zero-order valence-electron chi connectivity index (χ0n) is 7.06. The Balaban J connectivity index is 2.60. The van der Waals surface area contributed by atoms with Crippen LogP contribution in [0.3, 0.4) is 0 Å². The highest BCUT2D eigenvalue weighted by Crippen LogP contribution is 2.19. The summed E-state index contributed by atoms with van der Waals surface area (Å²) in [5.41, 5.74) is 1.18. The number of H-pyrrole nitrogens is 1. The third-order valence-electron chi connectivity index (χ3n) is 1.84. The Morgan fingerprint density at radius 1 is 1.54 bits per heavy atom. The molecule has 5 heteroatoms. The number of fused-ring (bicyclic) bond motifs is 1. The van der Waals surface area contributed by atoms with E-state index in [1.807, 2.05) is 0 Å². The molecular formula is C8H9N3O2. The molecule has 0 aliphatic rings. The summed E-state index contributed by atoms with van der Waals surface area (Å²) in [7, 11) is 1.42. The van der Waals surface area contributed by atoms with E-state index in [0.717, 1.165) is 5.39 Å². The van der Waals surface area contributed by atoms with Crippen molar-refractivity contribution in [2.75, 3.05) is 7.11 Å². The van der Waals surface area contributed by atoms with Crippen LogP contribution in [0.5, 0.6) is 0 Å². The summed E-state index contributed by atoms with van der Waals surface area (Å²) >= 11 is 0. The maximum atomic E-state index is 9.42. The molecule has 1 unspecified atom stereocenters. The van der Waals surface area contributed by atoms with Crippen LogP contribution in [-0.4, -0.2) is 27.2 Å². The first kappa shape index (κ1) is 8.15. The molecule has 2 heterocycles. The first-order chi connectivity index (χ1) is 6.33. The van der Waals surface area contributed by atoms with Gasteiger partial charge in [0.2, 0.25) is 0 Å². The summed E-state index contributed by atoms with van der Waals surface area (Å²) < 4.78 is 4.77. The van der Waals surface area contributed by atoms with Crippen molar-refractivity contribution in [1.29, 1.82) is 0 Å². The van der Waals surface area contributed by atoms with E-state index in [-0.39, 0.29) is 0 Å². The van der Waals surface area contributed by atoms with Gasteiger partial charge in [0.15, 0.2) is 6.29 Å². The van der Waals surface area contributed by atoms with Gasteiger partial charge in [-0.05, 0) is 6.07 Å². The topological polar surface area (TPSA) is 71.0 Å². The molecule has 0 aromatic carbocycles. The molecule has 0 amide bonds. The maximum Gasteiger partial charge on any atom is 0.199 e. The molecule has 0 radical (unpaired) electrons. The molecule has 2 N–H and O–H groups in total. The second-order valence-corrected chi connectivity index (χ2v) is 2.59. The summed E-state index contributed by atoms with van der Waals surface area (Å²) in [6, 6.07) is 1.80. The van der Waals surface area contributed by atoms with E-state index in [9.17, 15) is 5.11 Å². The predicted octanol–water partition coefficient (Wildman–Crippen LogP) is 0.595. The van der Waals surface area contributed by atoms with Crippen molar-refractivity contribution in [3.05, 3.63) is 24.3 Å². The zero-order chi connectivity index (χ0) is 9.26. The number of aromatic amines is 1. The fourth-order valence-electron chi connectivity index (χ4n) is 1.20. The molecule has 0 fully saturated rings. The SMILES string of the molecule is COC(O)c1ncnc2[nH]ccc12. The second kappa shape index (κ2) is 3.12. The van der Waals surface area contributed by atoms with Gasteiger partial charge in [0.1, 0.15) is 17.7 Å². The molecule has 2 aromatic heterocycles. The fraction of sp³-hybridized carbons (Fsp3) is 0.250. The molecule has 2 aromatic rings. The van der Waals surface area contributed by atoms with E-state index >= 15 is 0 Å². The highest BCUT2D eigenvalue weighted by molar-refractivity contribution is 5.77. The molecule has 0 bridgehead atoms. The van der Waals surface area contributed by atoms with Crippen LogP contribution in [0.2, 0.25) is 0 Å².